The third-order valence-electron chi connectivity index (χ3n) is 4.63. The van der Waals surface area contributed by atoms with Crippen molar-refractivity contribution in [3.8, 4) is 17.2 Å². The Bertz CT molecular complexity index is 1380. The third kappa shape index (κ3) is 5.39. The molecular formula is C22H18F3N4O4S. The number of fused-ring (bicyclic) bond motifs is 1. The Morgan fingerprint density at radius 2 is 1.79 bits per heavy atom. The Kier molecular flexibility index (Phi) is 6.09. The van der Waals surface area contributed by atoms with E-state index in [9.17, 15) is 21.6 Å². The van der Waals surface area contributed by atoms with Gasteiger partial charge in [-0.25, -0.2) is 13.4 Å². The minimum absolute atomic E-state index is 0.0146. The lowest BCUT2D eigenvalue weighted by atomic mass is 10.1. The summed E-state index contributed by atoms with van der Waals surface area (Å²) in [6.45, 7) is 0.351. The van der Waals surface area contributed by atoms with Crippen LogP contribution in [0.2, 0.25) is 0 Å². The number of nitrogens with one attached hydrogen (secondary N) is 1. The van der Waals surface area contributed by atoms with Crippen LogP contribution in [0.5, 0.6) is 17.2 Å². The maximum Gasteiger partial charge on any atom is 0.422 e. The number of aromatic nitrogens is 2. The molecule has 1 aliphatic heterocycles. The van der Waals surface area contributed by atoms with Gasteiger partial charge in [-0.05, 0) is 37.3 Å². The maximum atomic E-state index is 12.4. The first-order valence-electron chi connectivity index (χ1n) is 9.83. The van der Waals surface area contributed by atoms with Crippen molar-refractivity contribution in [1.82, 2.24) is 15.3 Å². The summed E-state index contributed by atoms with van der Waals surface area (Å²) in [4.78, 5) is 8.16. The van der Waals surface area contributed by atoms with E-state index in [1.807, 2.05) is 0 Å². The highest BCUT2D eigenvalue weighted by atomic mass is 32.2. The van der Waals surface area contributed by atoms with Gasteiger partial charge in [0, 0.05) is 29.8 Å². The number of hydrogen-bond donors (Lipinski definition) is 1. The maximum absolute atomic E-state index is 12.4. The first kappa shape index (κ1) is 23.4. The Labute approximate surface area is 193 Å². The lowest BCUT2D eigenvalue weighted by Gasteiger charge is -2.16. The quantitative estimate of drug-likeness (QED) is 0.470. The van der Waals surface area contributed by atoms with Gasteiger partial charge in [0.1, 0.15) is 22.9 Å². The summed E-state index contributed by atoms with van der Waals surface area (Å²) in [7, 11) is -3.66. The zero-order chi connectivity index (χ0) is 24.5. The van der Waals surface area contributed by atoms with E-state index < -0.39 is 22.6 Å². The van der Waals surface area contributed by atoms with E-state index in [1.165, 1.54) is 24.4 Å². The van der Waals surface area contributed by atoms with E-state index in [4.69, 9.17) is 9.47 Å². The van der Waals surface area contributed by atoms with Crippen molar-refractivity contribution >= 4 is 33.1 Å². The predicted molar refractivity (Wildman–Crippen MR) is 118 cm³/mol. The molecule has 2 heterocycles. The second kappa shape index (κ2) is 8.86. The van der Waals surface area contributed by atoms with Gasteiger partial charge in [-0.3, -0.25) is 5.32 Å². The van der Waals surface area contributed by atoms with Gasteiger partial charge >= 0.3 is 6.18 Å². The fourth-order valence-electron chi connectivity index (χ4n) is 3.04. The second-order valence-corrected chi connectivity index (χ2v) is 9.25. The lowest BCUT2D eigenvalue weighted by Crippen LogP contribution is -2.19. The first-order valence-corrected chi connectivity index (χ1v) is 11.7. The monoisotopic (exact) mass is 491 g/mol. The van der Waals surface area contributed by atoms with E-state index in [1.54, 1.807) is 37.3 Å². The minimum Gasteiger partial charge on any atom is -0.484 e. The number of benzene rings is 2. The third-order valence-corrected chi connectivity index (χ3v) is 5.48. The molecule has 1 radical (unpaired) electrons. The van der Waals surface area contributed by atoms with Crippen molar-refractivity contribution < 1.29 is 31.1 Å². The Hall–Kier alpha value is -3.80. The molecule has 0 aliphatic carbocycles. The van der Waals surface area contributed by atoms with Gasteiger partial charge < -0.3 is 14.8 Å². The number of rotatable bonds is 7. The number of ether oxygens (including phenoxy) is 2. The van der Waals surface area contributed by atoms with Crippen LogP contribution in [-0.2, 0) is 9.84 Å². The molecule has 8 nitrogen and oxygen atoms in total. The molecule has 1 aliphatic rings. The van der Waals surface area contributed by atoms with Crippen molar-refractivity contribution in [2.45, 2.75) is 18.3 Å². The van der Waals surface area contributed by atoms with Crippen LogP contribution in [0.4, 0.5) is 30.4 Å². The van der Waals surface area contributed by atoms with Crippen LogP contribution in [0.3, 0.4) is 0 Å². The Morgan fingerprint density at radius 1 is 1.06 bits per heavy atom. The van der Waals surface area contributed by atoms with Crippen molar-refractivity contribution in [2.75, 3.05) is 18.2 Å². The lowest BCUT2D eigenvalue weighted by molar-refractivity contribution is -0.153. The smallest absolute Gasteiger partial charge is 0.422 e. The summed E-state index contributed by atoms with van der Waals surface area (Å²) < 4.78 is 71.9. The summed E-state index contributed by atoms with van der Waals surface area (Å²) in [6, 6.07) is 11.0. The van der Waals surface area contributed by atoms with Crippen LogP contribution < -0.4 is 20.1 Å². The summed E-state index contributed by atoms with van der Waals surface area (Å²) in [5.41, 5.74) is 1.97. The highest BCUT2D eigenvalue weighted by Gasteiger charge is 2.28. The van der Waals surface area contributed by atoms with Gasteiger partial charge in [0.05, 0.1) is 5.69 Å². The number of hydrogen-bond acceptors (Lipinski definition) is 7. The second-order valence-electron chi connectivity index (χ2n) is 7.34. The molecule has 12 heteroatoms. The molecule has 3 aromatic rings. The summed E-state index contributed by atoms with van der Waals surface area (Å²) >= 11 is 0. The molecule has 177 valence electrons. The molecule has 0 unspecified atom stereocenters. The number of alkyl halides is 3. The molecule has 4 rings (SSSR count). The van der Waals surface area contributed by atoms with Gasteiger partial charge in [-0.15, -0.1) is 0 Å². The molecule has 0 saturated carbocycles. The van der Waals surface area contributed by atoms with Crippen LogP contribution in [0.25, 0.3) is 6.08 Å². The predicted octanol–water partition coefficient (Wildman–Crippen LogP) is 4.89. The van der Waals surface area contributed by atoms with Gasteiger partial charge in [0.2, 0.25) is 15.0 Å². The fourth-order valence-corrected chi connectivity index (χ4v) is 3.56. The summed E-state index contributed by atoms with van der Waals surface area (Å²) in [6.07, 6.45) is -0.359. The Balaban J connectivity index is 1.59. The topological polar surface area (TPSA) is 105 Å². The largest absolute Gasteiger partial charge is 0.484 e. The van der Waals surface area contributed by atoms with E-state index in [-0.39, 0.29) is 22.5 Å². The molecule has 0 fully saturated rings. The summed E-state index contributed by atoms with van der Waals surface area (Å²) in [5, 5.41) is 6.94. The average Bonchev–Trinajstić information content (AvgIpc) is 3.23. The number of anilines is 2. The first-order chi connectivity index (χ1) is 16.0. The van der Waals surface area contributed by atoms with Crippen molar-refractivity contribution in [3.63, 3.8) is 0 Å². The van der Waals surface area contributed by atoms with Gasteiger partial charge in [0.15, 0.2) is 12.4 Å². The molecule has 34 heavy (non-hydrogen) atoms. The average molecular weight is 491 g/mol. The van der Waals surface area contributed by atoms with Gasteiger partial charge in [-0.1, -0.05) is 12.1 Å². The molecule has 0 atom stereocenters. The Morgan fingerprint density at radius 3 is 2.53 bits per heavy atom. The van der Waals surface area contributed by atoms with Gasteiger partial charge in [-0.2, -0.15) is 18.2 Å². The molecule has 0 amide bonds. The van der Waals surface area contributed by atoms with E-state index in [0.29, 0.717) is 28.4 Å². The SMILES string of the molecule is Cc1c(Nc2nc(S(C)(=O)=O)nc3c2[N]C=C3)cccc1Oc1cccc(OCC(F)(F)F)c1. The van der Waals surface area contributed by atoms with E-state index in [0.717, 1.165) is 6.26 Å². The number of sulfone groups is 1. The van der Waals surface area contributed by atoms with Crippen molar-refractivity contribution in [2.24, 2.45) is 0 Å². The normalized spacial score (nSPS) is 12.7. The standard InChI is InChI=1S/C22H18F3N4O4S/c1-13-16(27-20-19-17(9-10-26-19)28-21(29-20)34(2,30)31)7-4-8-18(13)33-15-6-3-5-14(11-15)32-12-22(23,24)25/h3-11H,12H2,1-2H3,(H,27,28,29). The van der Waals surface area contributed by atoms with Crippen LogP contribution >= 0.6 is 0 Å². The number of nitrogens with zero attached hydrogens (tertiary/aromatic N) is 3. The molecular weight excluding hydrogens is 473 g/mol. The molecule has 0 bridgehead atoms. The van der Waals surface area contributed by atoms with Gasteiger partial charge in [0.25, 0.3) is 0 Å². The van der Waals surface area contributed by atoms with Crippen LogP contribution in [-0.4, -0.2) is 37.4 Å². The number of halogens is 3. The molecule has 1 aromatic heterocycles. The molecule has 0 spiro atoms. The van der Waals surface area contributed by atoms with E-state index >= 15 is 0 Å². The minimum atomic E-state index is -4.45. The zero-order valence-corrected chi connectivity index (χ0v) is 18.7. The van der Waals surface area contributed by atoms with Crippen LogP contribution in [0.1, 0.15) is 11.3 Å². The molecule has 1 N–H and O–H groups in total. The molecule has 0 saturated heterocycles. The van der Waals surface area contributed by atoms with E-state index in [2.05, 4.69) is 20.6 Å². The van der Waals surface area contributed by atoms with Crippen molar-refractivity contribution in [1.29, 1.82) is 0 Å². The fraction of sp³-hybridized carbons (Fsp3) is 0.182. The van der Waals surface area contributed by atoms with Crippen LogP contribution in [0, 0.1) is 6.92 Å². The van der Waals surface area contributed by atoms with Crippen molar-refractivity contribution in [3.05, 3.63) is 59.9 Å². The highest BCUT2D eigenvalue weighted by Crippen LogP contribution is 2.36. The molecule has 2 aromatic carbocycles. The highest BCUT2D eigenvalue weighted by molar-refractivity contribution is 7.90. The summed E-state index contributed by atoms with van der Waals surface area (Å²) in [5.74, 6) is 0.919. The van der Waals surface area contributed by atoms with Crippen LogP contribution in [0.15, 0.2) is 53.8 Å². The zero-order valence-electron chi connectivity index (χ0n) is 17.9.